The summed E-state index contributed by atoms with van der Waals surface area (Å²) >= 11 is 0. The van der Waals surface area contributed by atoms with Crippen LogP contribution in [0.3, 0.4) is 0 Å². The number of aryl methyl sites for hydroxylation is 1. The lowest BCUT2D eigenvalue weighted by molar-refractivity contribution is -0.157. The normalized spacial score (nSPS) is 13.1. The lowest BCUT2D eigenvalue weighted by Gasteiger charge is -2.26. The van der Waals surface area contributed by atoms with Gasteiger partial charge in [0.25, 0.3) is 0 Å². The number of amides is 1. The molecule has 6 heteroatoms. The van der Waals surface area contributed by atoms with E-state index in [2.05, 4.69) is 5.32 Å². The van der Waals surface area contributed by atoms with Gasteiger partial charge < -0.3 is 20.5 Å². The van der Waals surface area contributed by atoms with E-state index in [1.165, 1.54) is 0 Å². The van der Waals surface area contributed by atoms with Gasteiger partial charge in [0.2, 0.25) is 0 Å². The number of anilines is 1. The van der Waals surface area contributed by atoms with Gasteiger partial charge in [-0.05, 0) is 71.7 Å². The number of hydrogen-bond acceptors (Lipinski definition) is 5. The van der Waals surface area contributed by atoms with Crippen LogP contribution in [0.5, 0.6) is 0 Å². The Morgan fingerprint density at radius 2 is 1.64 bits per heavy atom. The molecule has 25 heavy (non-hydrogen) atoms. The van der Waals surface area contributed by atoms with Crippen LogP contribution in [0.15, 0.2) is 18.2 Å². The molecule has 0 unspecified atom stereocenters. The van der Waals surface area contributed by atoms with Gasteiger partial charge in [-0.1, -0.05) is 6.07 Å². The predicted molar refractivity (Wildman–Crippen MR) is 98.3 cm³/mol. The van der Waals surface area contributed by atoms with Crippen LogP contribution < -0.4 is 11.1 Å². The van der Waals surface area contributed by atoms with E-state index in [-0.39, 0.29) is 6.42 Å². The number of carbonyl (C=O) groups excluding carboxylic acids is 2. The average molecular weight is 350 g/mol. The van der Waals surface area contributed by atoms with Crippen molar-refractivity contribution in [3.63, 3.8) is 0 Å². The lowest BCUT2D eigenvalue weighted by atomic mass is 10.00. The molecule has 1 amide bonds. The zero-order chi connectivity index (χ0) is 19.4. The van der Waals surface area contributed by atoms with Crippen molar-refractivity contribution in [2.75, 3.05) is 5.73 Å². The second-order valence-electron chi connectivity index (χ2n) is 8.12. The maximum absolute atomic E-state index is 12.5. The molecule has 6 nitrogen and oxygen atoms in total. The number of esters is 1. The predicted octanol–water partition coefficient (Wildman–Crippen LogP) is 3.35. The van der Waals surface area contributed by atoms with E-state index in [1.54, 1.807) is 53.7 Å². The van der Waals surface area contributed by atoms with Gasteiger partial charge in [-0.15, -0.1) is 0 Å². The van der Waals surface area contributed by atoms with E-state index in [0.29, 0.717) is 5.69 Å². The quantitative estimate of drug-likeness (QED) is 0.642. The number of alkyl carbamates (subject to hydrolysis) is 1. The van der Waals surface area contributed by atoms with Crippen LogP contribution in [-0.4, -0.2) is 29.3 Å². The van der Waals surface area contributed by atoms with Gasteiger partial charge in [0.05, 0.1) is 0 Å². The molecule has 0 fully saturated rings. The number of nitrogens with one attached hydrogen (secondary N) is 1. The largest absolute Gasteiger partial charge is 0.458 e. The van der Waals surface area contributed by atoms with Crippen LogP contribution in [0.25, 0.3) is 0 Å². The Morgan fingerprint density at radius 3 is 2.16 bits per heavy atom. The van der Waals surface area contributed by atoms with Crippen LogP contribution in [0.2, 0.25) is 0 Å². The monoisotopic (exact) mass is 350 g/mol. The number of nitrogen functional groups attached to an aromatic ring is 1. The van der Waals surface area contributed by atoms with E-state index < -0.39 is 29.3 Å². The second kappa shape index (κ2) is 7.76. The minimum absolute atomic E-state index is 0.269. The molecule has 1 aromatic rings. The highest BCUT2D eigenvalue weighted by Crippen LogP contribution is 2.17. The van der Waals surface area contributed by atoms with Crippen molar-refractivity contribution in [1.29, 1.82) is 0 Å². The zero-order valence-corrected chi connectivity index (χ0v) is 16.2. The van der Waals surface area contributed by atoms with E-state index in [9.17, 15) is 9.59 Å². The van der Waals surface area contributed by atoms with Crippen LogP contribution in [0.1, 0.15) is 52.7 Å². The molecular formula is C19H30N2O4. The number of hydrogen-bond donors (Lipinski definition) is 2. The Morgan fingerprint density at radius 1 is 1.08 bits per heavy atom. The molecular weight excluding hydrogens is 320 g/mol. The first-order valence-corrected chi connectivity index (χ1v) is 8.34. The summed E-state index contributed by atoms with van der Waals surface area (Å²) in [6, 6.07) is 4.60. The molecule has 0 saturated heterocycles. The van der Waals surface area contributed by atoms with Crippen molar-refractivity contribution in [3.8, 4) is 0 Å². The highest BCUT2D eigenvalue weighted by atomic mass is 16.6. The van der Waals surface area contributed by atoms with Crippen LogP contribution in [-0.2, 0) is 20.7 Å². The fraction of sp³-hybridized carbons (Fsp3) is 0.579. The van der Waals surface area contributed by atoms with E-state index in [4.69, 9.17) is 15.2 Å². The smallest absolute Gasteiger partial charge is 0.408 e. The average Bonchev–Trinajstić information content (AvgIpc) is 2.38. The molecule has 0 saturated carbocycles. The molecule has 0 spiro atoms. The zero-order valence-electron chi connectivity index (χ0n) is 16.2. The first-order valence-electron chi connectivity index (χ1n) is 8.34. The van der Waals surface area contributed by atoms with E-state index in [1.807, 2.05) is 13.0 Å². The molecule has 0 aliphatic rings. The van der Waals surface area contributed by atoms with Crippen LogP contribution in [0, 0.1) is 6.92 Å². The summed E-state index contributed by atoms with van der Waals surface area (Å²) in [6.45, 7) is 12.5. The van der Waals surface area contributed by atoms with Crippen LogP contribution >= 0.6 is 0 Å². The molecule has 140 valence electrons. The number of rotatable bonds is 4. The fourth-order valence-electron chi connectivity index (χ4n) is 2.15. The summed E-state index contributed by atoms with van der Waals surface area (Å²) in [4.78, 5) is 24.7. The molecule has 0 radical (unpaired) electrons. The molecule has 0 aliphatic heterocycles. The van der Waals surface area contributed by atoms with Crippen molar-refractivity contribution < 1.29 is 19.1 Å². The first kappa shape index (κ1) is 20.8. The maximum atomic E-state index is 12.5. The summed E-state index contributed by atoms with van der Waals surface area (Å²) in [5.74, 6) is -0.514. The third kappa shape index (κ3) is 7.92. The Bertz CT molecular complexity index is 627. The summed E-state index contributed by atoms with van der Waals surface area (Å²) in [6.07, 6.45) is -0.393. The first-order chi connectivity index (χ1) is 11.3. The third-order valence-corrected chi connectivity index (χ3v) is 3.18. The topological polar surface area (TPSA) is 90.6 Å². The van der Waals surface area contributed by atoms with Gasteiger partial charge in [0, 0.05) is 12.1 Å². The molecule has 0 heterocycles. The van der Waals surface area contributed by atoms with Crippen LogP contribution in [0.4, 0.5) is 10.5 Å². The highest BCUT2D eigenvalue weighted by Gasteiger charge is 2.29. The summed E-state index contributed by atoms with van der Waals surface area (Å²) in [5, 5.41) is 2.61. The second-order valence-corrected chi connectivity index (χ2v) is 8.12. The molecule has 1 rings (SSSR count). The van der Waals surface area contributed by atoms with Gasteiger partial charge in [-0.3, -0.25) is 0 Å². The van der Waals surface area contributed by atoms with Crippen molar-refractivity contribution in [2.45, 2.75) is 72.1 Å². The van der Waals surface area contributed by atoms with Crippen molar-refractivity contribution in [1.82, 2.24) is 5.32 Å². The number of ether oxygens (including phenoxy) is 2. The van der Waals surface area contributed by atoms with Crippen molar-refractivity contribution in [3.05, 3.63) is 29.3 Å². The fourth-order valence-corrected chi connectivity index (χ4v) is 2.15. The van der Waals surface area contributed by atoms with Crippen molar-refractivity contribution in [2.24, 2.45) is 0 Å². The molecule has 0 aliphatic carbocycles. The van der Waals surface area contributed by atoms with Crippen molar-refractivity contribution >= 4 is 17.7 Å². The summed E-state index contributed by atoms with van der Waals surface area (Å²) in [7, 11) is 0. The van der Waals surface area contributed by atoms with Gasteiger partial charge in [0.1, 0.15) is 17.2 Å². The highest BCUT2D eigenvalue weighted by molar-refractivity contribution is 5.82. The summed E-state index contributed by atoms with van der Waals surface area (Å²) < 4.78 is 10.7. The van der Waals surface area contributed by atoms with Gasteiger partial charge >= 0.3 is 12.1 Å². The van der Waals surface area contributed by atoms with Gasteiger partial charge in [0.15, 0.2) is 0 Å². The Labute approximate surface area is 150 Å². The minimum Gasteiger partial charge on any atom is -0.458 e. The standard InChI is InChI=1S/C19H30N2O4/c1-12-8-9-14(20)10-13(12)11-15(16(22)24-18(2,3)4)21-17(23)25-19(5,6)7/h8-10,15H,11,20H2,1-7H3,(H,21,23)/t15-/m1/s1. The molecule has 3 N–H and O–H groups in total. The Balaban J connectivity index is 3.00. The maximum Gasteiger partial charge on any atom is 0.408 e. The van der Waals surface area contributed by atoms with Gasteiger partial charge in [-0.2, -0.15) is 0 Å². The van der Waals surface area contributed by atoms with E-state index in [0.717, 1.165) is 11.1 Å². The number of carbonyl (C=O) groups is 2. The SMILES string of the molecule is Cc1ccc(N)cc1C[C@@H](NC(=O)OC(C)(C)C)C(=O)OC(C)(C)C. The Kier molecular flexibility index (Phi) is 6.46. The number of benzene rings is 1. The number of nitrogens with two attached hydrogens (primary N) is 1. The van der Waals surface area contributed by atoms with Gasteiger partial charge in [-0.25, -0.2) is 9.59 Å². The minimum atomic E-state index is -0.866. The molecule has 0 bridgehead atoms. The summed E-state index contributed by atoms with van der Waals surface area (Å²) in [5.41, 5.74) is 6.97. The molecule has 1 atom stereocenters. The Hall–Kier alpha value is -2.24. The van der Waals surface area contributed by atoms with E-state index >= 15 is 0 Å². The lowest BCUT2D eigenvalue weighted by Crippen LogP contribution is -2.47. The third-order valence-electron chi connectivity index (χ3n) is 3.18. The molecule has 1 aromatic carbocycles. The molecule has 0 aromatic heterocycles.